The molecule has 0 aliphatic carbocycles. The molecular formula is C9H7ClF2N2O3S. The van der Waals surface area contributed by atoms with Crippen molar-refractivity contribution in [3.05, 3.63) is 23.3 Å². The second-order valence-corrected chi connectivity index (χ2v) is 5.61. The second kappa shape index (κ2) is 5.48. The molecule has 1 aromatic rings. The molecule has 1 aromatic carbocycles. The zero-order valence-electron chi connectivity index (χ0n) is 8.73. The third kappa shape index (κ3) is 3.29. The van der Waals surface area contributed by atoms with Crippen molar-refractivity contribution in [3.8, 4) is 11.8 Å². The van der Waals surface area contributed by atoms with Gasteiger partial charge in [-0.2, -0.15) is 14.0 Å². The number of nitrogens with two attached hydrogens (primary N) is 1. The van der Waals surface area contributed by atoms with Gasteiger partial charge in [0.1, 0.15) is 5.75 Å². The lowest BCUT2D eigenvalue weighted by Gasteiger charge is -2.10. The van der Waals surface area contributed by atoms with E-state index in [1.165, 1.54) is 0 Å². The molecule has 0 radical (unpaired) electrons. The molecule has 0 saturated heterocycles. The molecule has 0 aromatic heterocycles. The molecule has 9 heteroatoms. The zero-order chi connectivity index (χ0) is 13.9. The molecular weight excluding hydrogens is 290 g/mol. The second-order valence-electron chi connectivity index (χ2n) is 3.08. The number of hydrogen-bond acceptors (Lipinski definition) is 5. The van der Waals surface area contributed by atoms with Gasteiger partial charge in [-0.3, -0.25) is 0 Å². The Morgan fingerprint density at radius 2 is 2.11 bits per heavy atom. The summed E-state index contributed by atoms with van der Waals surface area (Å²) in [5, 5.41) is 8.81. The molecule has 98 valence electrons. The normalized spacial score (nSPS) is 11.3. The van der Waals surface area contributed by atoms with Crippen LogP contribution in [0.4, 0.5) is 8.78 Å². The van der Waals surface area contributed by atoms with Crippen molar-refractivity contribution >= 4 is 19.7 Å². The first-order chi connectivity index (χ1) is 8.29. The number of nitriles is 1. The lowest BCUT2D eigenvalue weighted by atomic mass is 10.1. The van der Waals surface area contributed by atoms with Gasteiger partial charge in [-0.15, -0.1) is 0 Å². The van der Waals surface area contributed by atoms with Gasteiger partial charge in [-0.25, -0.2) is 8.42 Å². The predicted octanol–water partition coefficient (Wildman–Crippen LogP) is 1.55. The molecule has 0 fully saturated rings. The van der Waals surface area contributed by atoms with Crippen LogP contribution in [0.1, 0.15) is 11.1 Å². The first kappa shape index (κ1) is 14.6. The van der Waals surface area contributed by atoms with Crippen molar-refractivity contribution in [2.24, 2.45) is 5.73 Å². The van der Waals surface area contributed by atoms with E-state index in [0.717, 1.165) is 12.1 Å². The minimum absolute atomic E-state index is 0.0471. The maximum Gasteiger partial charge on any atom is 0.387 e. The van der Waals surface area contributed by atoms with E-state index in [0.29, 0.717) is 0 Å². The van der Waals surface area contributed by atoms with Gasteiger partial charge in [0, 0.05) is 28.9 Å². The van der Waals surface area contributed by atoms with Crippen LogP contribution in [0.25, 0.3) is 0 Å². The Labute approximate surface area is 106 Å². The number of rotatable bonds is 4. The van der Waals surface area contributed by atoms with Gasteiger partial charge in [0.05, 0.1) is 16.5 Å². The van der Waals surface area contributed by atoms with Crippen LogP contribution in [-0.2, 0) is 15.6 Å². The maximum absolute atomic E-state index is 12.1. The van der Waals surface area contributed by atoms with Crippen LogP contribution in [-0.4, -0.2) is 15.0 Å². The third-order valence-corrected chi connectivity index (χ3v) is 3.38. The first-order valence-electron chi connectivity index (χ1n) is 4.46. The number of nitrogens with zero attached hydrogens (tertiary/aromatic N) is 1. The Morgan fingerprint density at radius 1 is 1.50 bits per heavy atom. The summed E-state index contributed by atoms with van der Waals surface area (Å²) in [6.07, 6.45) is 0. The van der Waals surface area contributed by atoms with Crippen LogP contribution in [0.5, 0.6) is 5.75 Å². The lowest BCUT2D eigenvalue weighted by molar-refractivity contribution is -0.0500. The molecule has 1 rings (SSSR count). The zero-order valence-corrected chi connectivity index (χ0v) is 10.3. The Balaban J connectivity index is 3.52. The van der Waals surface area contributed by atoms with Crippen molar-refractivity contribution in [1.82, 2.24) is 0 Å². The fourth-order valence-corrected chi connectivity index (χ4v) is 2.48. The van der Waals surface area contributed by atoms with Crippen molar-refractivity contribution in [1.29, 1.82) is 5.26 Å². The molecule has 5 nitrogen and oxygen atoms in total. The molecule has 0 unspecified atom stereocenters. The van der Waals surface area contributed by atoms with Crippen LogP contribution in [0.15, 0.2) is 17.0 Å². The van der Waals surface area contributed by atoms with Crippen molar-refractivity contribution < 1.29 is 21.9 Å². The van der Waals surface area contributed by atoms with Gasteiger partial charge >= 0.3 is 6.61 Å². The molecule has 0 atom stereocenters. The van der Waals surface area contributed by atoms with Crippen LogP contribution in [0.2, 0.25) is 0 Å². The molecule has 2 N–H and O–H groups in total. The van der Waals surface area contributed by atoms with Gasteiger partial charge in [-0.1, -0.05) is 0 Å². The Hall–Kier alpha value is -1.43. The molecule has 0 amide bonds. The average Bonchev–Trinajstić information content (AvgIpc) is 2.25. The molecule has 0 spiro atoms. The monoisotopic (exact) mass is 296 g/mol. The maximum atomic E-state index is 12.1. The van der Waals surface area contributed by atoms with Crippen LogP contribution in [0.3, 0.4) is 0 Å². The topological polar surface area (TPSA) is 93.2 Å². The highest BCUT2D eigenvalue weighted by molar-refractivity contribution is 8.13. The van der Waals surface area contributed by atoms with Crippen LogP contribution >= 0.6 is 10.7 Å². The molecule has 0 heterocycles. The summed E-state index contributed by atoms with van der Waals surface area (Å²) in [7, 11) is 0.924. The van der Waals surface area contributed by atoms with Crippen LogP contribution < -0.4 is 10.5 Å². The Morgan fingerprint density at radius 3 is 2.50 bits per heavy atom. The average molecular weight is 297 g/mol. The van der Waals surface area contributed by atoms with Crippen molar-refractivity contribution in [2.75, 3.05) is 0 Å². The SMILES string of the molecule is N#Cc1cc(OC(F)F)cc(S(=O)(=O)Cl)c1CN. The number of benzene rings is 1. The molecule has 0 aliphatic heterocycles. The predicted molar refractivity (Wildman–Crippen MR) is 58.7 cm³/mol. The fraction of sp³-hybridized carbons (Fsp3) is 0.222. The highest BCUT2D eigenvalue weighted by Crippen LogP contribution is 2.29. The van der Waals surface area contributed by atoms with E-state index in [-0.39, 0.29) is 17.7 Å². The van der Waals surface area contributed by atoms with E-state index in [9.17, 15) is 17.2 Å². The van der Waals surface area contributed by atoms with E-state index >= 15 is 0 Å². The highest BCUT2D eigenvalue weighted by Gasteiger charge is 2.21. The smallest absolute Gasteiger partial charge is 0.387 e. The summed E-state index contributed by atoms with van der Waals surface area (Å²) in [6.45, 7) is -3.43. The Bertz CT molecular complexity index is 599. The van der Waals surface area contributed by atoms with Gasteiger partial charge in [-0.05, 0) is 6.07 Å². The molecule has 0 aliphatic rings. The van der Waals surface area contributed by atoms with Gasteiger partial charge in [0.2, 0.25) is 0 Å². The molecule has 0 saturated carbocycles. The summed E-state index contributed by atoms with van der Waals surface area (Å²) in [6, 6.07) is 3.42. The molecule has 0 bridgehead atoms. The summed E-state index contributed by atoms with van der Waals surface area (Å²) in [5.74, 6) is -0.474. The Kier molecular flexibility index (Phi) is 4.45. The summed E-state index contributed by atoms with van der Waals surface area (Å²) >= 11 is 0. The summed E-state index contributed by atoms with van der Waals surface area (Å²) < 4.78 is 50.7. The summed E-state index contributed by atoms with van der Waals surface area (Å²) in [4.78, 5) is -0.513. The van der Waals surface area contributed by atoms with Crippen LogP contribution in [0, 0.1) is 11.3 Å². The largest absolute Gasteiger partial charge is 0.435 e. The third-order valence-electron chi connectivity index (χ3n) is 1.99. The number of halogens is 3. The minimum atomic E-state index is -4.22. The van der Waals surface area contributed by atoms with Gasteiger partial charge in [0.15, 0.2) is 0 Å². The molecule has 18 heavy (non-hydrogen) atoms. The van der Waals surface area contributed by atoms with E-state index in [2.05, 4.69) is 4.74 Å². The number of ether oxygens (including phenoxy) is 1. The van der Waals surface area contributed by atoms with Crippen molar-refractivity contribution in [3.63, 3.8) is 0 Å². The highest BCUT2D eigenvalue weighted by atomic mass is 35.7. The standard InChI is InChI=1S/C9H7ClF2N2O3S/c10-18(15,16)8-2-6(17-9(11)12)1-5(3-13)7(8)4-14/h1-2,9H,4,14H2. The van der Waals surface area contributed by atoms with Gasteiger partial charge in [0.25, 0.3) is 9.05 Å². The van der Waals surface area contributed by atoms with Crippen molar-refractivity contribution in [2.45, 2.75) is 18.1 Å². The van der Waals surface area contributed by atoms with Gasteiger partial charge < -0.3 is 10.5 Å². The fourth-order valence-electron chi connectivity index (χ4n) is 1.32. The quantitative estimate of drug-likeness (QED) is 0.851. The number of hydrogen-bond donors (Lipinski definition) is 1. The lowest BCUT2D eigenvalue weighted by Crippen LogP contribution is -2.09. The van der Waals surface area contributed by atoms with E-state index in [1.54, 1.807) is 6.07 Å². The van der Waals surface area contributed by atoms with E-state index < -0.39 is 26.3 Å². The summed E-state index contributed by atoms with van der Waals surface area (Å²) in [5.41, 5.74) is 5.08. The van der Waals surface area contributed by atoms with E-state index in [1.807, 2.05) is 0 Å². The van der Waals surface area contributed by atoms with E-state index in [4.69, 9.17) is 21.7 Å². The minimum Gasteiger partial charge on any atom is -0.435 e. The first-order valence-corrected chi connectivity index (χ1v) is 6.77. The number of alkyl halides is 2.